The predicted octanol–water partition coefficient (Wildman–Crippen LogP) is -0.373. The van der Waals surface area contributed by atoms with Crippen LogP contribution in [0.3, 0.4) is 0 Å². The molecule has 2 aromatic heterocycles. The molecule has 2 aliphatic rings. The van der Waals surface area contributed by atoms with E-state index in [9.17, 15) is 39.0 Å². The van der Waals surface area contributed by atoms with Crippen LogP contribution in [0.1, 0.15) is 46.0 Å². The molecule has 17 nitrogen and oxygen atoms in total. The Morgan fingerprint density at radius 2 is 1.92 bits per heavy atom. The number of hydrogen-bond donors (Lipinski definition) is 4. The number of quaternary nitrogens is 1. The highest BCUT2D eigenvalue weighted by molar-refractivity contribution is 8.00. The number of amides is 3. The van der Waals surface area contributed by atoms with Crippen LogP contribution in [0.5, 0.6) is 5.75 Å². The number of likely N-dealkylation sites (N-methyl/N-ethyl adjacent to an activating group) is 1. The van der Waals surface area contributed by atoms with Crippen LogP contribution in [0.15, 0.2) is 38.9 Å². The van der Waals surface area contributed by atoms with Gasteiger partial charge in [0.05, 0.1) is 31.5 Å². The van der Waals surface area contributed by atoms with E-state index in [1.54, 1.807) is 20.8 Å². The number of thiazole rings is 1. The number of β-lactam (4-membered cyclic amide) rings is 1. The van der Waals surface area contributed by atoms with Crippen molar-refractivity contribution in [3.8, 4) is 5.75 Å². The Morgan fingerprint density at radius 3 is 2.53 bits per heavy atom. The van der Waals surface area contributed by atoms with E-state index in [1.807, 2.05) is 14.1 Å². The molecule has 0 spiro atoms. The molecule has 0 saturated carbocycles. The number of oxime groups is 1. The summed E-state index contributed by atoms with van der Waals surface area (Å²) in [6.45, 7) is 8.25. The van der Waals surface area contributed by atoms with Crippen LogP contribution in [0.4, 0.5) is 5.13 Å². The number of thioether (sulfide) groups is 1. The molecule has 2 atom stereocenters. The van der Waals surface area contributed by atoms with Crippen LogP contribution in [0.2, 0.25) is 0 Å². The molecule has 4 heterocycles. The number of anilines is 1. The summed E-state index contributed by atoms with van der Waals surface area (Å²) in [5, 5.41) is 31.5. The second-order valence-corrected chi connectivity index (χ2v) is 15.4. The first-order chi connectivity index (χ1) is 22.7. The zero-order valence-corrected chi connectivity index (χ0v) is 29.4. The van der Waals surface area contributed by atoms with Gasteiger partial charge in [-0.25, -0.2) is 9.78 Å². The number of rotatable bonds is 13. The third-order valence-corrected chi connectivity index (χ3v) is 9.21. The van der Waals surface area contributed by atoms with Gasteiger partial charge in [-0.15, -0.1) is 23.1 Å². The monoisotopic (exact) mass is 719 g/mol. The van der Waals surface area contributed by atoms with Crippen molar-refractivity contribution < 1.29 is 48.2 Å². The van der Waals surface area contributed by atoms with Crippen LogP contribution >= 0.6 is 23.1 Å². The summed E-state index contributed by atoms with van der Waals surface area (Å²) in [7, 11) is 3.62. The van der Waals surface area contributed by atoms with Gasteiger partial charge in [0, 0.05) is 29.0 Å². The average Bonchev–Trinajstić information content (AvgIpc) is 3.44. The van der Waals surface area contributed by atoms with E-state index in [-0.39, 0.29) is 39.8 Å². The third-order valence-electron chi connectivity index (χ3n) is 7.10. The Balaban J connectivity index is 1.55. The van der Waals surface area contributed by atoms with E-state index < -0.39 is 63.3 Å². The zero-order valence-electron chi connectivity index (χ0n) is 27.8. The van der Waals surface area contributed by atoms with E-state index in [1.165, 1.54) is 43.3 Å². The minimum absolute atomic E-state index is 0.0284. The number of aromatic nitrogens is 2. The topological polar surface area (TPSA) is 233 Å². The van der Waals surface area contributed by atoms with Crippen LogP contribution in [-0.2, 0) is 40.1 Å². The number of carboxylic acid groups (broad SMARTS) is 1. The number of nitrogens with one attached hydrogen (secondary N) is 3. The fourth-order valence-corrected chi connectivity index (χ4v) is 6.93. The van der Waals surface area contributed by atoms with Gasteiger partial charge < -0.3 is 44.7 Å². The average molecular weight is 720 g/mol. The first kappa shape index (κ1) is 37.1. The number of H-pyrrole nitrogens is 1. The van der Waals surface area contributed by atoms with Crippen molar-refractivity contribution in [3.05, 3.63) is 50.5 Å². The molecular formula is C30H37N7O10S2. The number of ether oxygens (including phenoxy) is 1. The maximum atomic E-state index is 13.6. The van der Waals surface area contributed by atoms with E-state index in [2.05, 4.69) is 25.8 Å². The number of pyridine rings is 1. The molecule has 0 aromatic carbocycles. The van der Waals surface area contributed by atoms with Gasteiger partial charge in [-0.3, -0.25) is 24.1 Å². The molecule has 19 heteroatoms. The Labute approximate surface area is 288 Å². The van der Waals surface area contributed by atoms with Crippen LogP contribution in [-0.4, -0.2) is 109 Å². The number of fused-ring (bicyclic) bond motifs is 1. The number of nitrogens with zero attached hydrogens (tertiary/aromatic N) is 4. The van der Waals surface area contributed by atoms with Crippen molar-refractivity contribution in [3.63, 3.8) is 0 Å². The second-order valence-electron chi connectivity index (χ2n) is 13.4. The van der Waals surface area contributed by atoms with E-state index in [4.69, 9.17) is 9.57 Å². The largest absolute Gasteiger partial charge is 0.543 e. The van der Waals surface area contributed by atoms with Gasteiger partial charge in [0.25, 0.3) is 11.8 Å². The molecule has 2 aliphatic heterocycles. The molecule has 1 saturated heterocycles. The Morgan fingerprint density at radius 1 is 1.22 bits per heavy atom. The molecule has 49 heavy (non-hydrogen) atoms. The Hall–Kier alpha value is -4.75. The lowest BCUT2D eigenvalue weighted by Gasteiger charge is -2.51. The maximum Gasteiger partial charge on any atom is 0.353 e. The van der Waals surface area contributed by atoms with Gasteiger partial charge in [0.15, 0.2) is 16.6 Å². The first-order valence-electron chi connectivity index (χ1n) is 14.8. The highest BCUT2D eigenvalue weighted by atomic mass is 32.2. The summed E-state index contributed by atoms with van der Waals surface area (Å²) in [6, 6.07) is 0.0985. The Kier molecular flexibility index (Phi) is 10.6. The minimum Gasteiger partial charge on any atom is -0.543 e. The predicted molar refractivity (Wildman–Crippen MR) is 176 cm³/mol. The third kappa shape index (κ3) is 8.65. The molecule has 0 radical (unpaired) electrons. The summed E-state index contributed by atoms with van der Waals surface area (Å²) in [5.41, 5.74) is -2.85. The number of carboxylic acids is 1. The van der Waals surface area contributed by atoms with Crippen molar-refractivity contribution in [2.75, 3.05) is 31.7 Å². The summed E-state index contributed by atoms with van der Waals surface area (Å²) < 4.78 is 5.57. The minimum atomic E-state index is -1.64. The van der Waals surface area contributed by atoms with Gasteiger partial charge in [0.1, 0.15) is 35.8 Å². The number of aromatic amines is 1. The van der Waals surface area contributed by atoms with Gasteiger partial charge in [0.2, 0.25) is 17.4 Å². The molecule has 0 aliphatic carbocycles. The lowest BCUT2D eigenvalue weighted by atomic mass is 10.0. The van der Waals surface area contributed by atoms with Crippen LogP contribution in [0.25, 0.3) is 0 Å². The van der Waals surface area contributed by atoms with Crippen molar-refractivity contribution in [2.24, 2.45) is 5.16 Å². The van der Waals surface area contributed by atoms with Crippen LogP contribution in [0, 0.1) is 0 Å². The standard InChI is InChI=1S/C30H37N7O10S2/c1-29(2,3)46-27(45)30(4,5)47-35-20(17-13-49-28(33-17)32-14-38)23(41)34-21-24(42)36-22(26(43)44)15(12-48-25(21)36)10-37(6,7)11-16-8-18(39)19(40)9-31-16/h8-9,13-14,21,25H,10-12H2,1-7H3,(H4-,31,32,33,34,35,38,39,40,41,43,44)/t21-,25+/m1/s1. The second kappa shape index (κ2) is 14.0. The number of hydrogen-bond acceptors (Lipinski definition) is 14. The Bertz CT molecular complexity index is 1790. The van der Waals surface area contributed by atoms with Crippen molar-refractivity contribution in [1.82, 2.24) is 20.2 Å². The highest BCUT2D eigenvalue weighted by Crippen LogP contribution is 2.40. The summed E-state index contributed by atoms with van der Waals surface area (Å²) in [6.07, 6.45) is 1.58. The number of carbonyl (C=O) groups excluding carboxylic acids is 5. The van der Waals surface area contributed by atoms with Crippen molar-refractivity contribution >= 4 is 64.1 Å². The van der Waals surface area contributed by atoms with E-state index >= 15 is 0 Å². The number of carbonyl (C=O) groups is 5. The van der Waals surface area contributed by atoms with E-state index in [0.29, 0.717) is 17.7 Å². The molecule has 1 fully saturated rings. The maximum absolute atomic E-state index is 13.6. The molecule has 2 aromatic rings. The van der Waals surface area contributed by atoms with Gasteiger partial charge >= 0.3 is 5.97 Å². The zero-order chi connectivity index (χ0) is 36.5. The van der Waals surface area contributed by atoms with Gasteiger partial charge in [-0.05, 0) is 34.6 Å². The van der Waals surface area contributed by atoms with Gasteiger partial charge in [-0.1, -0.05) is 5.16 Å². The fourth-order valence-electron chi connectivity index (χ4n) is 4.94. The smallest absolute Gasteiger partial charge is 0.353 e. The fraction of sp³-hybridized carbons (Fsp3) is 0.467. The SMILES string of the molecule is CC(C)(C)OC(=O)C(C)(C)ON=C(C(=O)N[C@@H]1C(=O)N2C(C(=O)[O-])=C(C[N+](C)(C)Cc3cc(=O)c(O)c[nH]3)CS[C@@H]12)c1csc(NC=O)n1. The summed E-state index contributed by atoms with van der Waals surface area (Å²) in [5.74, 6) is -4.17. The molecule has 3 amide bonds. The molecule has 264 valence electrons. The highest BCUT2D eigenvalue weighted by Gasteiger charge is 2.53. The van der Waals surface area contributed by atoms with Crippen molar-refractivity contribution in [2.45, 2.75) is 63.8 Å². The molecule has 4 rings (SSSR count). The summed E-state index contributed by atoms with van der Waals surface area (Å²) in [4.78, 5) is 88.5. The number of aliphatic carboxylic acids is 1. The normalized spacial score (nSPS) is 18.3. The number of aromatic hydroxyl groups is 1. The van der Waals surface area contributed by atoms with Crippen LogP contribution < -0.4 is 21.2 Å². The first-order valence-corrected chi connectivity index (χ1v) is 16.7. The summed E-state index contributed by atoms with van der Waals surface area (Å²) >= 11 is 2.22. The molecular weight excluding hydrogens is 683 g/mol. The van der Waals surface area contributed by atoms with E-state index in [0.717, 1.165) is 16.2 Å². The number of esters is 1. The molecule has 4 N–H and O–H groups in total. The lowest BCUT2D eigenvalue weighted by molar-refractivity contribution is -0.899. The molecule has 0 bridgehead atoms. The molecule has 0 unspecified atom stereocenters. The lowest BCUT2D eigenvalue weighted by Crippen LogP contribution is -2.71. The van der Waals surface area contributed by atoms with Crippen molar-refractivity contribution in [1.29, 1.82) is 0 Å². The van der Waals surface area contributed by atoms with Gasteiger partial charge in [-0.2, -0.15) is 0 Å². The quantitative estimate of drug-likeness (QED) is 0.0519.